The number of hydrogen-bond acceptors (Lipinski definition) is 24. The summed E-state index contributed by atoms with van der Waals surface area (Å²) < 4.78 is 757. The Kier molecular flexibility index (Phi) is 15.4. The Balaban J connectivity index is 0.000000214. The highest BCUT2D eigenvalue weighted by molar-refractivity contribution is 5.55. The Bertz CT molecular complexity index is 8840. The lowest BCUT2D eigenvalue weighted by Crippen LogP contribution is -2.48. The Morgan fingerprint density at radius 1 is 0.312 bits per heavy atom. The third-order valence-corrected chi connectivity index (χ3v) is 23.5. The molecule has 18 rings (SSSR count). The Labute approximate surface area is 963 Å². The minimum atomic E-state index is -4.26. The molecular formula is C117H180N6O18. The number of benzene rings is 6. The fraction of sp³-hybridized carbons (Fsp3) is 0.692. The normalized spacial score (nSPS) is 49.5. The molecule has 12 heterocycles. The number of fused-ring (bicyclic) bond motifs is 18. The SMILES string of the molecule is [2H]C([2H])([2H])C(C)(C([2H])([2H])[2H])C([2H])([2H])C1([2H])CN2C([2H])([2H])C([2H])([2H])c3cc(OC)c(OC)cc3C2([2H])C([2H])([2H])C1([2H])O.[2H]C([2H])([2H])Oc1cc2c(cc1OC)C([2H])([2H])C([2H])([2H])N1C2CC(O)C(CC(C)C)C1([2H])[2H].[2H]C([2H])([2H])Oc1cc2c(cc1OC)C([2H])([2H])C([2H])([2H])N1CC([2H])(C([2H])([2H])C(C)(C([2H])([2H])[2H])C([2H])([2H])[2H])C([2H])(O)C([2H])([2H])C21[2H].[2H]C([2H])([2H])Oc1cc2c(cc1OC)C([2H])([2H])C([2H])([2H])N1CC([2H])(C([2H])([2H])C(C)(C([2H])([2H])[2H])C([2H])([2H])[2H])C([2H])(O)C([2H])([2H])C21[2H].[2H]C([2H])([2H])Oc1cc2c(cc1OC)C([2H])([2H])C([2H])([2H])N1CC([2H])(CC(C)C)C(O)C([2H])([2H])C21[2H].[2H]C1([2H])C(CC(C)C)C(O)CC2c3cc(OC)c(OC)cc3C([2H])([2H])C([2H])([2H])N21. The van der Waals surface area contributed by atoms with Crippen molar-refractivity contribution >= 4 is 0 Å². The van der Waals surface area contributed by atoms with E-state index < -0.39 is 428 Å². The highest BCUT2D eigenvalue weighted by atomic mass is 16.5. The van der Waals surface area contributed by atoms with Crippen molar-refractivity contribution in [2.24, 2.45) is 69.4 Å². The number of ether oxygens (including phenoxy) is 12. The van der Waals surface area contributed by atoms with Gasteiger partial charge in [-0.2, -0.15) is 0 Å². The van der Waals surface area contributed by atoms with Crippen molar-refractivity contribution in [1.29, 1.82) is 0 Å². The fourth-order valence-electron chi connectivity index (χ4n) is 17.1. The highest BCUT2D eigenvalue weighted by Gasteiger charge is 2.47. The smallest absolute Gasteiger partial charge is 0.161 e. The third-order valence-electron chi connectivity index (χ3n) is 23.5. The number of aryl methyl sites for hydroxylation is 6. The molecule has 141 heavy (non-hydrogen) atoms. The lowest BCUT2D eigenvalue weighted by molar-refractivity contribution is -0.0259. The van der Waals surface area contributed by atoms with Gasteiger partial charge >= 0.3 is 0 Å². The van der Waals surface area contributed by atoms with Gasteiger partial charge in [0.25, 0.3) is 0 Å². The van der Waals surface area contributed by atoms with E-state index in [0.29, 0.717) is 62.0 Å². The van der Waals surface area contributed by atoms with Crippen LogP contribution in [-0.2, 0) is 38.2 Å². The van der Waals surface area contributed by atoms with Crippen LogP contribution in [0.15, 0.2) is 72.8 Å². The van der Waals surface area contributed by atoms with Crippen LogP contribution in [-0.4, -0.2) is 260 Å². The molecule has 0 amide bonds. The van der Waals surface area contributed by atoms with E-state index in [9.17, 15) is 36.1 Å². The fourth-order valence-corrected chi connectivity index (χ4v) is 17.1. The van der Waals surface area contributed by atoms with Crippen LogP contribution >= 0.6 is 0 Å². The predicted octanol–water partition coefficient (Wildman–Crippen LogP) is 19.3. The zero-order valence-corrected chi connectivity index (χ0v) is 80.8. The predicted molar refractivity (Wildman–Crippen MR) is 561 cm³/mol. The highest BCUT2D eigenvalue weighted by Crippen LogP contribution is 2.53. The van der Waals surface area contributed by atoms with E-state index in [4.69, 9.17) is 165 Å². The molecule has 6 saturated heterocycles. The molecule has 0 spiro atoms. The van der Waals surface area contributed by atoms with Crippen LogP contribution in [0.5, 0.6) is 69.0 Å². The first-order chi connectivity index (χ1) is 99.0. The summed E-state index contributed by atoms with van der Waals surface area (Å²) in [6.07, 6.45) is -61.1. The summed E-state index contributed by atoms with van der Waals surface area (Å²) in [5.41, 5.74) is -15.7. The summed E-state index contributed by atoms with van der Waals surface area (Å²) in [7, 11) is -2.42. The summed E-state index contributed by atoms with van der Waals surface area (Å²) in [6.45, 7) is -39.9. The zero-order chi connectivity index (χ0) is 175. The Hall–Kier alpha value is -7.56. The molecule has 0 aromatic heterocycles. The molecule has 0 radical (unpaired) electrons. The molecule has 6 fully saturated rings. The summed E-state index contributed by atoms with van der Waals surface area (Å²) in [5, 5.41) is 67.2. The average Bonchev–Trinajstić information content (AvgIpc) is 0.645. The lowest BCUT2D eigenvalue weighted by atomic mass is 9.75. The van der Waals surface area contributed by atoms with E-state index in [1.54, 1.807) is 19.9 Å². The van der Waals surface area contributed by atoms with Crippen LogP contribution in [0.1, 0.15) is 397 Å². The van der Waals surface area contributed by atoms with Gasteiger partial charge in [-0.25, -0.2) is 0 Å². The standard InChI is InChI=1S/3C20H31NO3.3C19H29NO3/c3*1-20(2,3)11-14-12-21-7-6-13-8-18(23-4)19(24-5)9-15(13)16(21)10-17(14)22;3*1-12(2)7-14-11-20-6-5-13-8-18(22-3)19(23-4)9-15(13)16(20)10-17(14)21/h3*8-9,14,16-17,22H,6-7,10-12H2,1-5H3;3*8-9,12,14,16-17,21H,5-7,10-11H2,1-4H3/i2*1D3,2D3,5D3,6D2,7D2,10D2,11D2,14D,16D,17D;1D3,2D3,6D2,7D2,10D2,11D2,14D,16D,17D;4D3,5D2,6D2,10D2,14D,16D;4D3,5D2,6D2,11D2;5D2,6D2,11D2. The molecule has 0 aliphatic carbocycles. The molecule has 24 nitrogen and oxygen atoms in total. The van der Waals surface area contributed by atoms with Crippen LogP contribution in [0.25, 0.3) is 0 Å². The quantitative estimate of drug-likeness (QED) is 0.0392. The van der Waals surface area contributed by atoms with E-state index in [0.717, 1.165) is 60.4 Å². The first kappa shape index (κ1) is 44.9. The molecule has 12 aliphatic heterocycles. The van der Waals surface area contributed by atoms with Crippen molar-refractivity contribution in [3.63, 3.8) is 0 Å². The largest absolute Gasteiger partial charge is 0.493 e. The molecule has 18 atom stereocenters. The van der Waals surface area contributed by atoms with Gasteiger partial charge in [0.1, 0.15) is 0 Å². The topological polar surface area (TPSA) is 252 Å². The molecule has 6 aromatic rings. The van der Waals surface area contributed by atoms with Gasteiger partial charge in [0.05, 0.1) is 148 Å². The molecule has 0 bridgehead atoms. The minimum Gasteiger partial charge on any atom is -0.493 e. The van der Waals surface area contributed by atoms with Gasteiger partial charge in [-0.1, -0.05) is 103 Å². The number of nitrogens with zero attached hydrogens (tertiary/aromatic N) is 6. The maximum atomic E-state index is 11.5. The van der Waals surface area contributed by atoms with Crippen molar-refractivity contribution in [1.82, 2.24) is 29.4 Å². The lowest BCUT2D eigenvalue weighted by Gasteiger charge is -2.47. The second kappa shape index (κ2) is 48.4. The zero-order valence-electron chi connectivity index (χ0n) is 164. The number of aliphatic hydroxyl groups excluding tert-OH is 3. The van der Waals surface area contributed by atoms with Gasteiger partial charge < -0.3 is 87.5 Å². The first-order valence-electron chi connectivity index (χ1n) is 86.2. The maximum Gasteiger partial charge on any atom is 0.161 e. The summed E-state index contributed by atoms with van der Waals surface area (Å²) >= 11 is 0. The van der Waals surface area contributed by atoms with E-state index in [-0.39, 0.29) is 103 Å². The Morgan fingerprint density at radius 3 is 0.787 bits per heavy atom. The van der Waals surface area contributed by atoms with Gasteiger partial charge in [0.15, 0.2) is 69.0 Å². The summed E-state index contributed by atoms with van der Waals surface area (Å²) in [5.74, 6) is -18.5. The minimum absolute atomic E-state index is 0.0256. The van der Waals surface area contributed by atoms with Crippen LogP contribution in [0, 0.1) is 69.4 Å². The third kappa shape index (κ3) is 26.9. The van der Waals surface area contributed by atoms with Crippen molar-refractivity contribution in [2.75, 3.05) is 163 Å². The second-order valence-corrected chi connectivity index (χ2v) is 35.9. The molecule has 18 unspecified atom stereocenters. The van der Waals surface area contributed by atoms with Crippen molar-refractivity contribution < 1.29 is 201 Å². The molecule has 6 N–H and O–H groups in total. The molecule has 786 valence electrons. The summed E-state index contributed by atoms with van der Waals surface area (Å²) in [6, 6.07) is -2.79. The molecule has 0 saturated carbocycles. The van der Waals surface area contributed by atoms with Gasteiger partial charge in [-0.05, 0) is 324 Å². The molecule has 12 aliphatic rings. The monoisotopic (exact) mass is 2040 g/mol. The van der Waals surface area contributed by atoms with E-state index in [2.05, 4.69) is 0 Å². The van der Waals surface area contributed by atoms with Gasteiger partial charge in [0, 0.05) is 202 Å². The van der Waals surface area contributed by atoms with Crippen molar-refractivity contribution in [3.8, 4) is 69.0 Å². The van der Waals surface area contributed by atoms with E-state index >= 15 is 0 Å². The van der Waals surface area contributed by atoms with Crippen LogP contribution in [0.3, 0.4) is 0 Å². The maximum absolute atomic E-state index is 11.5. The summed E-state index contributed by atoms with van der Waals surface area (Å²) in [4.78, 5) is 2.54. The van der Waals surface area contributed by atoms with Crippen molar-refractivity contribution in [2.45, 2.75) is 291 Å². The number of methoxy groups -OCH3 is 12. The number of aliphatic hydroxyl groups is 6. The first-order valence-corrected chi connectivity index (χ1v) is 44.7. The molecule has 24 heteroatoms. The molecular weight excluding hydrogens is 1780 g/mol. The van der Waals surface area contributed by atoms with Crippen LogP contribution < -0.4 is 56.8 Å². The second-order valence-electron chi connectivity index (χ2n) is 35.9. The van der Waals surface area contributed by atoms with Gasteiger partial charge in [-0.15, -0.1) is 0 Å². The number of rotatable bonds is 21. The number of piperidine rings is 6. The average molecular weight is 2040 g/mol. The number of hydrogen-bond donors (Lipinski definition) is 6. The van der Waals surface area contributed by atoms with Crippen LogP contribution in [0.4, 0.5) is 0 Å². The van der Waals surface area contributed by atoms with Gasteiger partial charge in [0.2, 0.25) is 0 Å². The Morgan fingerprint density at radius 2 is 0.539 bits per heavy atom. The molecule has 6 aromatic carbocycles. The van der Waals surface area contributed by atoms with Crippen LogP contribution in [0.2, 0.25) is 0 Å². The van der Waals surface area contributed by atoms with E-state index in [1.807, 2.05) is 27.7 Å². The van der Waals surface area contributed by atoms with Crippen molar-refractivity contribution in [3.05, 3.63) is 140 Å². The van der Waals surface area contributed by atoms with E-state index in [1.165, 1.54) is 60.9 Å². The van der Waals surface area contributed by atoms with Gasteiger partial charge in [-0.3, -0.25) is 29.4 Å².